The summed E-state index contributed by atoms with van der Waals surface area (Å²) in [5.74, 6) is 2.58. The number of aryl methyl sites for hydroxylation is 2. The maximum Gasteiger partial charge on any atom is 0.119 e. The molecule has 1 aromatic carbocycles. The van der Waals surface area contributed by atoms with Crippen molar-refractivity contribution in [3.05, 3.63) is 48.0 Å². The van der Waals surface area contributed by atoms with Gasteiger partial charge in [0.25, 0.3) is 0 Å². The smallest absolute Gasteiger partial charge is 0.119 e. The fraction of sp³-hybridized carbons (Fsp3) is 0.550. The molecular formula is C20H29N3O2. The number of aromatic nitrogens is 2. The third kappa shape index (κ3) is 5.31. The highest BCUT2D eigenvalue weighted by Gasteiger charge is 2.23. The summed E-state index contributed by atoms with van der Waals surface area (Å²) in [6.45, 7) is 5.13. The maximum atomic E-state index is 10.3. The lowest BCUT2D eigenvalue weighted by molar-refractivity contribution is 0.0516. The largest absolute Gasteiger partial charge is 0.491 e. The Balaban J connectivity index is 1.43. The summed E-state index contributed by atoms with van der Waals surface area (Å²) in [6.07, 6.45) is 6.83. The molecular weight excluding hydrogens is 314 g/mol. The molecule has 0 spiro atoms. The average Bonchev–Trinajstić information content (AvgIpc) is 2.99. The monoisotopic (exact) mass is 343 g/mol. The van der Waals surface area contributed by atoms with Crippen LogP contribution in [0, 0.1) is 12.8 Å². The van der Waals surface area contributed by atoms with E-state index in [0.717, 1.165) is 31.1 Å². The Morgan fingerprint density at radius 3 is 2.84 bits per heavy atom. The summed E-state index contributed by atoms with van der Waals surface area (Å²) >= 11 is 0. The van der Waals surface area contributed by atoms with Gasteiger partial charge in [-0.05, 0) is 44.4 Å². The number of benzene rings is 1. The van der Waals surface area contributed by atoms with Gasteiger partial charge in [0, 0.05) is 39.0 Å². The molecule has 136 valence electrons. The zero-order chi connectivity index (χ0) is 17.6. The molecule has 0 amide bonds. The minimum Gasteiger partial charge on any atom is -0.491 e. The van der Waals surface area contributed by atoms with Crippen molar-refractivity contribution in [2.24, 2.45) is 13.0 Å². The zero-order valence-electron chi connectivity index (χ0n) is 15.3. The number of nitrogens with zero attached hydrogens (tertiary/aromatic N) is 3. The number of ether oxygens (including phenoxy) is 1. The standard InChI is InChI=1S/C20H29N3O2/c1-16-5-7-19(8-6-16)25-15-18(24)14-23-10-3-4-17(13-23)12-20-21-9-11-22(20)2/h5-9,11,17-18,24H,3-4,10,12-15H2,1-2H3. The summed E-state index contributed by atoms with van der Waals surface area (Å²) < 4.78 is 7.80. The molecule has 0 aliphatic carbocycles. The topological polar surface area (TPSA) is 50.5 Å². The Hall–Kier alpha value is -1.85. The first kappa shape index (κ1) is 18.0. The number of piperidine rings is 1. The van der Waals surface area contributed by atoms with E-state index in [9.17, 15) is 5.11 Å². The summed E-state index contributed by atoms with van der Waals surface area (Å²) in [7, 11) is 2.05. The normalized spacial score (nSPS) is 19.7. The van der Waals surface area contributed by atoms with Crippen LogP contribution in [0.4, 0.5) is 0 Å². The van der Waals surface area contributed by atoms with Crippen molar-refractivity contribution in [3.8, 4) is 5.75 Å². The number of aliphatic hydroxyl groups excluding tert-OH is 1. The van der Waals surface area contributed by atoms with Gasteiger partial charge in [-0.1, -0.05) is 17.7 Å². The summed E-state index contributed by atoms with van der Waals surface area (Å²) in [6, 6.07) is 7.95. The molecule has 0 saturated carbocycles. The number of hydrogen-bond acceptors (Lipinski definition) is 4. The molecule has 2 heterocycles. The second kappa shape index (κ2) is 8.50. The molecule has 1 aromatic heterocycles. The first-order valence-electron chi connectivity index (χ1n) is 9.16. The third-order valence-corrected chi connectivity index (χ3v) is 4.93. The number of imidazole rings is 1. The minimum atomic E-state index is -0.465. The summed E-state index contributed by atoms with van der Waals surface area (Å²) in [4.78, 5) is 6.80. The Morgan fingerprint density at radius 1 is 1.32 bits per heavy atom. The average molecular weight is 343 g/mol. The van der Waals surface area contributed by atoms with E-state index in [4.69, 9.17) is 4.74 Å². The van der Waals surface area contributed by atoms with Crippen LogP contribution >= 0.6 is 0 Å². The van der Waals surface area contributed by atoms with Crippen LogP contribution in [0.15, 0.2) is 36.7 Å². The maximum absolute atomic E-state index is 10.3. The summed E-state index contributed by atoms with van der Waals surface area (Å²) in [5, 5.41) is 10.3. The molecule has 5 nitrogen and oxygen atoms in total. The molecule has 0 bridgehead atoms. The number of aliphatic hydroxyl groups is 1. The van der Waals surface area contributed by atoms with Gasteiger partial charge < -0.3 is 19.3 Å². The Bertz CT molecular complexity index is 653. The van der Waals surface area contributed by atoms with Crippen molar-refractivity contribution in [1.82, 2.24) is 14.5 Å². The van der Waals surface area contributed by atoms with Crippen LogP contribution in [0.25, 0.3) is 0 Å². The molecule has 3 rings (SSSR count). The van der Waals surface area contributed by atoms with E-state index in [0.29, 0.717) is 19.1 Å². The number of β-amino-alcohol motifs (C(OH)–C–C–N with tert-alkyl or cyclic N) is 1. The van der Waals surface area contributed by atoms with Gasteiger partial charge in [-0.2, -0.15) is 0 Å². The van der Waals surface area contributed by atoms with Gasteiger partial charge in [-0.3, -0.25) is 0 Å². The first-order chi connectivity index (χ1) is 12.1. The van der Waals surface area contributed by atoms with Crippen LogP contribution in [0.2, 0.25) is 0 Å². The third-order valence-electron chi connectivity index (χ3n) is 4.93. The Kier molecular flexibility index (Phi) is 6.10. The van der Waals surface area contributed by atoms with Gasteiger partial charge in [-0.25, -0.2) is 4.98 Å². The lowest BCUT2D eigenvalue weighted by Gasteiger charge is -2.33. The van der Waals surface area contributed by atoms with E-state index in [-0.39, 0.29) is 0 Å². The highest BCUT2D eigenvalue weighted by atomic mass is 16.5. The zero-order valence-corrected chi connectivity index (χ0v) is 15.3. The van der Waals surface area contributed by atoms with Gasteiger partial charge in [0.1, 0.15) is 24.3 Å². The lowest BCUT2D eigenvalue weighted by Crippen LogP contribution is -2.42. The molecule has 2 unspecified atom stereocenters. The van der Waals surface area contributed by atoms with Gasteiger partial charge in [-0.15, -0.1) is 0 Å². The van der Waals surface area contributed by atoms with Crippen molar-refractivity contribution in [1.29, 1.82) is 0 Å². The molecule has 1 aliphatic heterocycles. The van der Waals surface area contributed by atoms with Crippen molar-refractivity contribution in [3.63, 3.8) is 0 Å². The van der Waals surface area contributed by atoms with Crippen LogP contribution < -0.4 is 4.74 Å². The second-order valence-corrected chi connectivity index (χ2v) is 7.20. The van der Waals surface area contributed by atoms with E-state index in [1.165, 1.54) is 18.4 Å². The quantitative estimate of drug-likeness (QED) is 0.839. The molecule has 1 fully saturated rings. The summed E-state index contributed by atoms with van der Waals surface area (Å²) in [5.41, 5.74) is 1.21. The Morgan fingerprint density at radius 2 is 2.12 bits per heavy atom. The van der Waals surface area contributed by atoms with Crippen LogP contribution in [0.5, 0.6) is 5.75 Å². The molecule has 25 heavy (non-hydrogen) atoms. The number of hydrogen-bond donors (Lipinski definition) is 1. The molecule has 1 aliphatic rings. The Labute approximate surface area is 150 Å². The number of rotatable bonds is 7. The van der Waals surface area contributed by atoms with Crippen LogP contribution in [0.1, 0.15) is 24.2 Å². The molecule has 2 atom stereocenters. The first-order valence-corrected chi connectivity index (χ1v) is 9.16. The van der Waals surface area contributed by atoms with Crippen molar-refractivity contribution < 1.29 is 9.84 Å². The fourth-order valence-electron chi connectivity index (χ4n) is 3.51. The highest BCUT2D eigenvalue weighted by Crippen LogP contribution is 2.20. The predicted octanol–water partition coefficient (Wildman–Crippen LogP) is 2.42. The van der Waals surface area contributed by atoms with Gasteiger partial charge in [0.2, 0.25) is 0 Å². The van der Waals surface area contributed by atoms with E-state index < -0.39 is 6.10 Å². The van der Waals surface area contributed by atoms with Crippen LogP contribution in [-0.4, -0.2) is 51.9 Å². The molecule has 1 N–H and O–H groups in total. The van der Waals surface area contributed by atoms with Gasteiger partial charge in [0.05, 0.1) is 0 Å². The SMILES string of the molecule is Cc1ccc(OCC(O)CN2CCCC(Cc3nccn3C)C2)cc1. The van der Waals surface area contributed by atoms with E-state index in [2.05, 4.69) is 28.4 Å². The van der Waals surface area contributed by atoms with Crippen LogP contribution in [0.3, 0.4) is 0 Å². The number of likely N-dealkylation sites (tertiary alicyclic amines) is 1. The fourth-order valence-corrected chi connectivity index (χ4v) is 3.51. The van der Waals surface area contributed by atoms with Gasteiger partial charge in [0.15, 0.2) is 0 Å². The second-order valence-electron chi connectivity index (χ2n) is 7.20. The van der Waals surface area contributed by atoms with Crippen molar-refractivity contribution in [2.75, 3.05) is 26.2 Å². The predicted molar refractivity (Wildman–Crippen MR) is 98.8 cm³/mol. The lowest BCUT2D eigenvalue weighted by atomic mass is 9.94. The highest BCUT2D eigenvalue weighted by molar-refractivity contribution is 5.26. The van der Waals surface area contributed by atoms with Crippen molar-refractivity contribution >= 4 is 0 Å². The molecule has 1 saturated heterocycles. The minimum absolute atomic E-state index is 0.337. The van der Waals surface area contributed by atoms with Crippen LogP contribution in [-0.2, 0) is 13.5 Å². The van der Waals surface area contributed by atoms with E-state index >= 15 is 0 Å². The van der Waals surface area contributed by atoms with Crippen molar-refractivity contribution in [2.45, 2.75) is 32.3 Å². The molecule has 0 radical (unpaired) electrons. The van der Waals surface area contributed by atoms with E-state index in [1.807, 2.05) is 36.7 Å². The van der Waals surface area contributed by atoms with Gasteiger partial charge >= 0.3 is 0 Å². The van der Waals surface area contributed by atoms with E-state index in [1.54, 1.807) is 0 Å². The molecule has 2 aromatic rings. The molecule has 5 heteroatoms.